The molecule has 0 saturated carbocycles. The molecule has 25 heavy (non-hydrogen) atoms. The van der Waals surface area contributed by atoms with Crippen LogP contribution >= 0.6 is 11.3 Å². The van der Waals surface area contributed by atoms with Crippen LogP contribution in [0.5, 0.6) is 5.75 Å². The molecule has 0 saturated heterocycles. The fourth-order valence-electron chi connectivity index (χ4n) is 2.43. The summed E-state index contributed by atoms with van der Waals surface area (Å²) in [5, 5.41) is 5.14. The number of fused-ring (bicyclic) bond motifs is 1. The van der Waals surface area contributed by atoms with Gasteiger partial charge in [0.2, 0.25) is 0 Å². The number of Topliss-reactive ketones (excluding diaryl/α,β-unsaturated/α-hetero) is 1. The molecule has 8 heteroatoms. The maximum absolute atomic E-state index is 13.6. The molecular weight excluding hydrogens is 347 g/mol. The van der Waals surface area contributed by atoms with E-state index in [4.69, 9.17) is 9.47 Å². The predicted octanol–water partition coefficient (Wildman–Crippen LogP) is 3.13. The summed E-state index contributed by atoms with van der Waals surface area (Å²) in [5.74, 6) is -1.69. The number of esters is 1. The molecule has 0 aliphatic rings. The van der Waals surface area contributed by atoms with Crippen LogP contribution in [0.3, 0.4) is 0 Å². The first-order chi connectivity index (χ1) is 11.9. The fraction of sp³-hybridized carbons (Fsp3) is 0.235. The van der Waals surface area contributed by atoms with Crippen LogP contribution in [0.15, 0.2) is 24.3 Å². The molecule has 0 radical (unpaired) electrons. The van der Waals surface area contributed by atoms with Crippen LogP contribution in [-0.4, -0.2) is 35.2 Å². The van der Waals surface area contributed by atoms with E-state index in [1.807, 2.05) is 6.92 Å². The highest BCUT2D eigenvalue weighted by atomic mass is 32.1. The predicted molar refractivity (Wildman–Crippen MR) is 90.9 cm³/mol. The number of rotatable bonds is 5. The first-order valence-corrected chi connectivity index (χ1v) is 8.19. The van der Waals surface area contributed by atoms with Crippen LogP contribution in [0.1, 0.15) is 25.7 Å². The van der Waals surface area contributed by atoms with Gasteiger partial charge in [-0.05, 0) is 31.2 Å². The number of carbonyl (C=O) groups excluding carboxylic acids is 2. The minimum atomic E-state index is -0.646. The van der Waals surface area contributed by atoms with E-state index < -0.39 is 24.2 Å². The first-order valence-electron chi connectivity index (χ1n) is 7.37. The molecule has 2 heterocycles. The van der Waals surface area contributed by atoms with Crippen molar-refractivity contribution in [3.8, 4) is 5.75 Å². The molecule has 0 aliphatic carbocycles. The number of halogens is 1. The molecule has 0 unspecified atom stereocenters. The number of hydrogen-bond donors (Lipinski definition) is 0. The minimum absolute atomic E-state index is 0.0443. The Hall–Kier alpha value is -2.74. The zero-order chi connectivity index (χ0) is 18.1. The monoisotopic (exact) mass is 362 g/mol. The van der Waals surface area contributed by atoms with E-state index in [2.05, 4.69) is 5.10 Å². The lowest BCUT2D eigenvalue weighted by atomic mass is 10.1. The van der Waals surface area contributed by atoms with Gasteiger partial charge in [0.25, 0.3) is 0 Å². The number of hydrogen-bond acceptors (Lipinski definition) is 6. The molecule has 3 aromatic rings. The van der Waals surface area contributed by atoms with E-state index in [0.29, 0.717) is 4.88 Å². The molecule has 130 valence electrons. The molecule has 0 spiro atoms. The number of benzene rings is 1. The second-order valence-corrected chi connectivity index (χ2v) is 6.42. The van der Waals surface area contributed by atoms with Crippen molar-refractivity contribution in [2.45, 2.75) is 6.92 Å². The van der Waals surface area contributed by atoms with Crippen molar-refractivity contribution in [3.63, 3.8) is 0 Å². The van der Waals surface area contributed by atoms with Crippen molar-refractivity contribution in [2.24, 2.45) is 7.05 Å². The van der Waals surface area contributed by atoms with E-state index in [0.717, 1.165) is 22.0 Å². The SMILES string of the molecule is COc1ccc(C(=O)COC(=O)c2cc3c(C)nn(C)c3s2)cc1F. The standard InChI is InChI=1S/C17H15FN2O4S/c1-9-11-7-15(25-16(11)20(2)19-9)17(22)24-8-13(21)10-4-5-14(23-3)12(18)6-10/h4-7H,8H2,1-3H3. The average Bonchev–Trinajstić information content (AvgIpc) is 3.14. The van der Waals surface area contributed by atoms with Gasteiger partial charge >= 0.3 is 5.97 Å². The van der Waals surface area contributed by atoms with Crippen LogP contribution < -0.4 is 4.74 Å². The Balaban J connectivity index is 1.69. The van der Waals surface area contributed by atoms with Gasteiger partial charge in [0, 0.05) is 18.0 Å². The van der Waals surface area contributed by atoms with Crippen LogP contribution in [0, 0.1) is 12.7 Å². The number of thiophene rings is 1. The highest BCUT2D eigenvalue weighted by Gasteiger charge is 2.18. The molecule has 6 nitrogen and oxygen atoms in total. The van der Waals surface area contributed by atoms with Crippen LogP contribution in [0.25, 0.3) is 10.2 Å². The second kappa shape index (κ2) is 6.64. The summed E-state index contributed by atoms with van der Waals surface area (Å²) in [6, 6.07) is 5.53. The van der Waals surface area contributed by atoms with E-state index in [9.17, 15) is 14.0 Å². The van der Waals surface area contributed by atoms with Crippen molar-refractivity contribution in [1.29, 1.82) is 0 Å². The molecule has 0 N–H and O–H groups in total. The lowest BCUT2D eigenvalue weighted by molar-refractivity contribution is 0.0479. The maximum Gasteiger partial charge on any atom is 0.348 e. The van der Waals surface area contributed by atoms with Gasteiger partial charge in [-0.2, -0.15) is 5.10 Å². The molecule has 0 aliphatic heterocycles. The minimum Gasteiger partial charge on any atom is -0.494 e. The Morgan fingerprint density at radius 3 is 2.72 bits per heavy atom. The Bertz CT molecular complexity index is 942. The third-order valence-electron chi connectivity index (χ3n) is 3.71. The Kier molecular flexibility index (Phi) is 4.54. The number of nitrogens with zero attached hydrogens (tertiary/aromatic N) is 2. The largest absolute Gasteiger partial charge is 0.494 e. The summed E-state index contributed by atoms with van der Waals surface area (Å²) in [6.07, 6.45) is 0. The van der Waals surface area contributed by atoms with Crippen LogP contribution in [-0.2, 0) is 11.8 Å². The zero-order valence-electron chi connectivity index (χ0n) is 13.8. The molecule has 1 aromatic carbocycles. The Labute approximate surface area is 146 Å². The number of aromatic nitrogens is 2. The quantitative estimate of drug-likeness (QED) is 0.515. The van der Waals surface area contributed by atoms with Crippen molar-refractivity contribution in [2.75, 3.05) is 13.7 Å². The van der Waals surface area contributed by atoms with E-state index in [-0.39, 0.29) is 11.3 Å². The molecular formula is C17H15FN2O4S. The van der Waals surface area contributed by atoms with Crippen molar-refractivity contribution in [3.05, 3.63) is 46.2 Å². The average molecular weight is 362 g/mol. The second-order valence-electron chi connectivity index (χ2n) is 5.39. The summed E-state index contributed by atoms with van der Waals surface area (Å²) in [7, 11) is 3.13. The number of ketones is 1. The molecule has 3 rings (SSSR count). The normalized spacial score (nSPS) is 10.9. The Morgan fingerprint density at radius 2 is 2.08 bits per heavy atom. The number of methoxy groups -OCH3 is 1. The molecule has 0 atom stereocenters. The summed E-state index contributed by atoms with van der Waals surface area (Å²) in [4.78, 5) is 25.5. The van der Waals surface area contributed by atoms with Gasteiger partial charge in [0.15, 0.2) is 24.0 Å². The molecule has 0 amide bonds. The lowest BCUT2D eigenvalue weighted by Gasteiger charge is -2.05. The first kappa shape index (κ1) is 17.1. The highest BCUT2D eigenvalue weighted by Crippen LogP contribution is 2.28. The molecule has 0 fully saturated rings. The number of carbonyl (C=O) groups is 2. The maximum atomic E-state index is 13.6. The third-order valence-corrected chi connectivity index (χ3v) is 4.89. The number of ether oxygens (including phenoxy) is 2. The van der Waals surface area contributed by atoms with Crippen molar-refractivity contribution >= 4 is 33.3 Å². The van der Waals surface area contributed by atoms with Gasteiger partial charge in [0.1, 0.15) is 9.71 Å². The van der Waals surface area contributed by atoms with E-state index in [1.54, 1.807) is 17.8 Å². The smallest absolute Gasteiger partial charge is 0.348 e. The third kappa shape index (κ3) is 3.25. The lowest BCUT2D eigenvalue weighted by Crippen LogP contribution is -2.13. The fourth-order valence-corrected chi connectivity index (χ4v) is 3.45. The molecule has 2 aromatic heterocycles. The number of aryl methyl sites for hydroxylation is 2. The summed E-state index contributed by atoms with van der Waals surface area (Å²) in [6.45, 7) is 1.39. The van der Waals surface area contributed by atoms with E-state index in [1.165, 1.54) is 30.6 Å². The van der Waals surface area contributed by atoms with Gasteiger partial charge in [-0.25, -0.2) is 9.18 Å². The Morgan fingerprint density at radius 1 is 1.32 bits per heavy atom. The van der Waals surface area contributed by atoms with Gasteiger partial charge < -0.3 is 9.47 Å². The van der Waals surface area contributed by atoms with Crippen molar-refractivity contribution < 1.29 is 23.5 Å². The summed E-state index contributed by atoms with van der Waals surface area (Å²) < 4.78 is 25.2. The van der Waals surface area contributed by atoms with Gasteiger partial charge in [-0.15, -0.1) is 11.3 Å². The van der Waals surface area contributed by atoms with Gasteiger partial charge in [-0.1, -0.05) is 0 Å². The van der Waals surface area contributed by atoms with E-state index >= 15 is 0 Å². The summed E-state index contributed by atoms with van der Waals surface area (Å²) in [5.41, 5.74) is 0.931. The van der Waals surface area contributed by atoms with Gasteiger partial charge in [-0.3, -0.25) is 9.48 Å². The van der Waals surface area contributed by atoms with Crippen molar-refractivity contribution in [1.82, 2.24) is 9.78 Å². The topological polar surface area (TPSA) is 70.4 Å². The van der Waals surface area contributed by atoms with Crippen LogP contribution in [0.2, 0.25) is 0 Å². The zero-order valence-corrected chi connectivity index (χ0v) is 14.6. The highest BCUT2D eigenvalue weighted by molar-refractivity contribution is 7.20. The van der Waals surface area contributed by atoms with Gasteiger partial charge in [0.05, 0.1) is 12.8 Å². The summed E-state index contributed by atoms with van der Waals surface area (Å²) >= 11 is 1.25. The van der Waals surface area contributed by atoms with Crippen LogP contribution in [0.4, 0.5) is 4.39 Å². The molecule has 0 bridgehead atoms.